The van der Waals surface area contributed by atoms with Crippen molar-refractivity contribution in [2.24, 2.45) is 0 Å². The molecule has 21 heavy (non-hydrogen) atoms. The summed E-state index contributed by atoms with van der Waals surface area (Å²) in [5.74, 6) is -0.445. The third-order valence-corrected chi connectivity index (χ3v) is 3.47. The normalized spacial score (nSPS) is 10.5. The van der Waals surface area contributed by atoms with Gasteiger partial charge in [-0.1, -0.05) is 19.1 Å². The van der Waals surface area contributed by atoms with Gasteiger partial charge in [0.1, 0.15) is 17.4 Å². The van der Waals surface area contributed by atoms with Gasteiger partial charge in [-0.15, -0.1) is 0 Å². The lowest BCUT2D eigenvalue weighted by molar-refractivity contribution is 0.317. The second-order valence-corrected chi connectivity index (χ2v) is 5.45. The molecular weight excluding hydrogens is 340 g/mol. The van der Waals surface area contributed by atoms with Gasteiger partial charge in [-0.25, -0.2) is 8.78 Å². The van der Waals surface area contributed by atoms with Gasteiger partial charge in [0, 0.05) is 12.6 Å². The molecular formula is C16H16BrF2NO. The molecule has 0 bridgehead atoms. The smallest absolute Gasteiger partial charge is 0.149 e. The van der Waals surface area contributed by atoms with Crippen LogP contribution in [0.4, 0.5) is 14.5 Å². The predicted molar refractivity (Wildman–Crippen MR) is 83.6 cm³/mol. The first-order chi connectivity index (χ1) is 10.1. The van der Waals surface area contributed by atoms with Gasteiger partial charge in [-0.05, 0) is 46.1 Å². The molecule has 2 nitrogen and oxygen atoms in total. The molecule has 2 aromatic carbocycles. The average Bonchev–Trinajstić information content (AvgIpc) is 2.48. The minimum Gasteiger partial charge on any atom is -0.494 e. The summed E-state index contributed by atoms with van der Waals surface area (Å²) < 4.78 is 32.6. The Labute approximate surface area is 131 Å². The number of halogens is 3. The van der Waals surface area contributed by atoms with E-state index in [4.69, 9.17) is 4.74 Å². The van der Waals surface area contributed by atoms with Crippen LogP contribution in [0, 0.1) is 11.6 Å². The van der Waals surface area contributed by atoms with E-state index in [0.29, 0.717) is 13.2 Å². The molecule has 0 unspecified atom stereocenters. The predicted octanol–water partition coefficient (Wildman–Crippen LogP) is 5.13. The van der Waals surface area contributed by atoms with Crippen LogP contribution in [-0.4, -0.2) is 6.61 Å². The van der Waals surface area contributed by atoms with Gasteiger partial charge in [-0.3, -0.25) is 0 Å². The molecule has 0 aliphatic carbocycles. The van der Waals surface area contributed by atoms with E-state index in [0.717, 1.165) is 23.8 Å². The minimum atomic E-state index is -0.618. The lowest BCUT2D eigenvalue weighted by Crippen LogP contribution is -2.03. The third kappa shape index (κ3) is 4.43. The van der Waals surface area contributed by atoms with Gasteiger partial charge in [0.05, 0.1) is 16.8 Å². The Morgan fingerprint density at radius 1 is 1.14 bits per heavy atom. The van der Waals surface area contributed by atoms with Gasteiger partial charge >= 0.3 is 0 Å². The Morgan fingerprint density at radius 2 is 1.95 bits per heavy atom. The Bertz CT molecular complexity index is 619. The Morgan fingerprint density at radius 3 is 2.71 bits per heavy atom. The first-order valence-corrected chi connectivity index (χ1v) is 7.49. The zero-order valence-electron chi connectivity index (χ0n) is 11.6. The first kappa shape index (κ1) is 15.8. The van der Waals surface area contributed by atoms with E-state index in [-0.39, 0.29) is 10.2 Å². The molecule has 0 amide bonds. The number of benzene rings is 2. The summed E-state index contributed by atoms with van der Waals surface area (Å²) in [4.78, 5) is 0. The van der Waals surface area contributed by atoms with Crippen molar-refractivity contribution in [2.45, 2.75) is 19.9 Å². The highest BCUT2D eigenvalue weighted by Gasteiger charge is 2.08. The summed E-state index contributed by atoms with van der Waals surface area (Å²) in [5.41, 5.74) is 1.21. The quantitative estimate of drug-likeness (QED) is 0.725. The van der Waals surface area contributed by atoms with Crippen molar-refractivity contribution in [1.29, 1.82) is 0 Å². The highest BCUT2D eigenvalue weighted by Crippen LogP contribution is 2.24. The van der Waals surface area contributed by atoms with Crippen LogP contribution in [0.3, 0.4) is 0 Å². The summed E-state index contributed by atoms with van der Waals surface area (Å²) in [6.07, 6.45) is 0.942. The van der Waals surface area contributed by atoms with Gasteiger partial charge in [-0.2, -0.15) is 0 Å². The molecule has 112 valence electrons. The van der Waals surface area contributed by atoms with E-state index in [1.54, 1.807) is 0 Å². The molecule has 0 saturated carbocycles. The van der Waals surface area contributed by atoms with Crippen LogP contribution in [0.15, 0.2) is 40.9 Å². The molecule has 0 atom stereocenters. The van der Waals surface area contributed by atoms with E-state index in [9.17, 15) is 8.78 Å². The molecule has 2 rings (SSSR count). The van der Waals surface area contributed by atoms with Gasteiger partial charge in [0.25, 0.3) is 0 Å². The maximum Gasteiger partial charge on any atom is 0.149 e. The van der Waals surface area contributed by atoms with E-state index >= 15 is 0 Å². The zero-order chi connectivity index (χ0) is 15.2. The van der Waals surface area contributed by atoms with Gasteiger partial charge in [0.15, 0.2) is 0 Å². The number of nitrogens with one attached hydrogen (secondary N) is 1. The van der Waals surface area contributed by atoms with Crippen molar-refractivity contribution < 1.29 is 13.5 Å². The van der Waals surface area contributed by atoms with Crippen molar-refractivity contribution in [3.05, 3.63) is 58.1 Å². The molecule has 0 fully saturated rings. The van der Waals surface area contributed by atoms with E-state index < -0.39 is 11.6 Å². The highest BCUT2D eigenvalue weighted by atomic mass is 79.9. The number of ether oxygens (including phenoxy) is 1. The minimum absolute atomic E-state index is 0.228. The number of rotatable bonds is 6. The lowest BCUT2D eigenvalue weighted by atomic mass is 10.2. The highest BCUT2D eigenvalue weighted by molar-refractivity contribution is 9.10. The number of hydrogen-bond acceptors (Lipinski definition) is 2. The molecule has 2 aromatic rings. The Hall–Kier alpha value is -1.62. The largest absolute Gasteiger partial charge is 0.494 e. The maximum absolute atomic E-state index is 13.6. The van der Waals surface area contributed by atoms with Gasteiger partial charge < -0.3 is 10.1 Å². The van der Waals surface area contributed by atoms with Crippen LogP contribution in [0.2, 0.25) is 0 Å². The van der Waals surface area contributed by atoms with Crippen LogP contribution >= 0.6 is 15.9 Å². The molecule has 1 N–H and O–H groups in total. The van der Waals surface area contributed by atoms with Crippen LogP contribution in [-0.2, 0) is 6.54 Å². The molecule has 0 aliphatic heterocycles. The summed E-state index contributed by atoms with van der Waals surface area (Å²) in [5, 5.41) is 2.95. The summed E-state index contributed by atoms with van der Waals surface area (Å²) in [6.45, 7) is 3.13. The van der Waals surface area contributed by atoms with Crippen molar-refractivity contribution in [3.63, 3.8) is 0 Å². The molecule has 0 aromatic heterocycles. The average molecular weight is 356 g/mol. The lowest BCUT2D eigenvalue weighted by Gasteiger charge is -2.10. The standard InChI is InChI=1S/C16H16BrF2NO/c1-2-6-21-12-5-3-4-11(7-12)10-20-16-8-13(17)14(18)9-15(16)19/h3-5,7-9,20H,2,6,10H2,1H3. The Kier molecular flexibility index (Phi) is 5.56. The topological polar surface area (TPSA) is 21.3 Å². The second-order valence-electron chi connectivity index (χ2n) is 4.60. The van der Waals surface area contributed by atoms with Gasteiger partial charge in [0.2, 0.25) is 0 Å². The van der Waals surface area contributed by atoms with Crippen LogP contribution in [0.25, 0.3) is 0 Å². The molecule has 5 heteroatoms. The summed E-state index contributed by atoms with van der Waals surface area (Å²) >= 11 is 3.04. The second kappa shape index (κ2) is 7.41. The molecule has 0 spiro atoms. The van der Waals surface area contributed by atoms with E-state index in [1.165, 1.54) is 6.07 Å². The fourth-order valence-electron chi connectivity index (χ4n) is 1.82. The van der Waals surface area contributed by atoms with Crippen molar-refractivity contribution in [1.82, 2.24) is 0 Å². The zero-order valence-corrected chi connectivity index (χ0v) is 13.2. The van der Waals surface area contributed by atoms with E-state index in [2.05, 4.69) is 21.2 Å². The maximum atomic E-state index is 13.6. The molecule has 0 aliphatic rings. The van der Waals surface area contributed by atoms with Crippen LogP contribution in [0.5, 0.6) is 5.75 Å². The van der Waals surface area contributed by atoms with Crippen molar-refractivity contribution in [2.75, 3.05) is 11.9 Å². The van der Waals surface area contributed by atoms with Crippen molar-refractivity contribution >= 4 is 21.6 Å². The summed E-state index contributed by atoms with van der Waals surface area (Å²) in [6, 6.07) is 9.84. The van der Waals surface area contributed by atoms with E-state index in [1.807, 2.05) is 31.2 Å². The summed E-state index contributed by atoms with van der Waals surface area (Å²) in [7, 11) is 0. The fourth-order valence-corrected chi connectivity index (χ4v) is 2.16. The number of hydrogen-bond donors (Lipinski definition) is 1. The van der Waals surface area contributed by atoms with Crippen molar-refractivity contribution in [3.8, 4) is 5.75 Å². The SMILES string of the molecule is CCCOc1cccc(CNc2cc(Br)c(F)cc2F)c1. The molecule has 0 radical (unpaired) electrons. The molecule has 0 heterocycles. The number of anilines is 1. The third-order valence-electron chi connectivity index (χ3n) is 2.86. The fraction of sp³-hybridized carbons (Fsp3) is 0.250. The molecule has 0 saturated heterocycles. The Balaban J connectivity index is 2.04. The monoisotopic (exact) mass is 355 g/mol. The van der Waals surface area contributed by atoms with Crippen LogP contribution < -0.4 is 10.1 Å². The first-order valence-electron chi connectivity index (χ1n) is 6.70. The van der Waals surface area contributed by atoms with Crippen LogP contribution in [0.1, 0.15) is 18.9 Å².